The highest BCUT2D eigenvalue weighted by atomic mass is 16.5. The van der Waals surface area contributed by atoms with Crippen molar-refractivity contribution in [2.45, 2.75) is 84.5 Å². The number of benzene rings is 1. The largest absolute Gasteiger partial charge is 0.494 e. The van der Waals surface area contributed by atoms with E-state index in [4.69, 9.17) is 4.74 Å². The van der Waals surface area contributed by atoms with Gasteiger partial charge in [-0.25, -0.2) is 0 Å². The van der Waals surface area contributed by atoms with E-state index in [1.54, 1.807) is 0 Å². The predicted octanol–water partition coefficient (Wildman–Crippen LogP) is 6.99. The van der Waals surface area contributed by atoms with E-state index in [0.717, 1.165) is 42.6 Å². The summed E-state index contributed by atoms with van der Waals surface area (Å²) in [5, 5.41) is 0. The molecule has 2 rings (SSSR count). The van der Waals surface area contributed by atoms with Gasteiger partial charge in [0, 0.05) is 12.0 Å². The Kier molecular flexibility index (Phi) is 9.57. The third-order valence-corrected chi connectivity index (χ3v) is 5.42. The molecule has 1 aromatic rings. The first kappa shape index (κ1) is 19.9. The number of rotatable bonds is 9. The Morgan fingerprint density at radius 2 is 1.56 bits per heavy atom. The van der Waals surface area contributed by atoms with Crippen LogP contribution in [0.25, 0.3) is 0 Å². The fourth-order valence-electron chi connectivity index (χ4n) is 3.79. The first-order valence-electron chi connectivity index (χ1n) is 10.5. The molecular formula is C24H36O. The van der Waals surface area contributed by atoms with E-state index in [9.17, 15) is 0 Å². The molecule has 1 saturated carbocycles. The molecule has 0 N–H and O–H groups in total. The monoisotopic (exact) mass is 340 g/mol. The molecule has 0 aromatic heterocycles. The van der Waals surface area contributed by atoms with Crippen LogP contribution in [-0.4, -0.2) is 6.61 Å². The maximum atomic E-state index is 5.61. The summed E-state index contributed by atoms with van der Waals surface area (Å²) in [4.78, 5) is 0. The summed E-state index contributed by atoms with van der Waals surface area (Å²) in [7, 11) is 0. The Morgan fingerprint density at radius 1 is 0.880 bits per heavy atom. The number of hydrogen-bond acceptors (Lipinski definition) is 1. The van der Waals surface area contributed by atoms with E-state index in [1.165, 1.54) is 57.8 Å². The molecular weight excluding hydrogens is 304 g/mol. The molecule has 0 aliphatic heterocycles. The summed E-state index contributed by atoms with van der Waals surface area (Å²) >= 11 is 0. The predicted molar refractivity (Wildman–Crippen MR) is 108 cm³/mol. The number of ether oxygens (including phenoxy) is 1. The number of hydrogen-bond donors (Lipinski definition) is 0. The van der Waals surface area contributed by atoms with E-state index in [0.29, 0.717) is 0 Å². The minimum absolute atomic E-state index is 0.784. The maximum Gasteiger partial charge on any atom is 0.119 e. The first-order chi connectivity index (χ1) is 12.3. The molecule has 0 atom stereocenters. The molecule has 1 aromatic carbocycles. The van der Waals surface area contributed by atoms with Crippen molar-refractivity contribution in [2.75, 3.05) is 6.61 Å². The van der Waals surface area contributed by atoms with Gasteiger partial charge in [0.2, 0.25) is 0 Å². The van der Waals surface area contributed by atoms with Crippen molar-refractivity contribution in [1.29, 1.82) is 0 Å². The van der Waals surface area contributed by atoms with E-state index >= 15 is 0 Å². The zero-order valence-corrected chi connectivity index (χ0v) is 16.4. The van der Waals surface area contributed by atoms with Gasteiger partial charge in [-0.05, 0) is 48.9 Å². The summed E-state index contributed by atoms with van der Waals surface area (Å²) in [5.41, 5.74) is 1.10. The lowest BCUT2D eigenvalue weighted by Crippen LogP contribution is -2.14. The topological polar surface area (TPSA) is 9.23 Å². The Bertz CT molecular complexity index is 511. The fraction of sp³-hybridized carbons (Fsp3) is 0.667. The molecule has 1 heteroatoms. The second kappa shape index (κ2) is 12.0. The van der Waals surface area contributed by atoms with Crippen LogP contribution in [0.2, 0.25) is 0 Å². The molecule has 0 heterocycles. The molecule has 0 unspecified atom stereocenters. The van der Waals surface area contributed by atoms with Gasteiger partial charge in [-0.3, -0.25) is 0 Å². The Labute approximate surface area is 155 Å². The highest BCUT2D eigenvalue weighted by Crippen LogP contribution is 2.34. The lowest BCUT2D eigenvalue weighted by atomic mass is 9.78. The molecule has 1 fully saturated rings. The van der Waals surface area contributed by atoms with Gasteiger partial charge in [0.05, 0.1) is 6.61 Å². The van der Waals surface area contributed by atoms with E-state index in [2.05, 4.69) is 37.8 Å². The van der Waals surface area contributed by atoms with Gasteiger partial charge >= 0.3 is 0 Å². The summed E-state index contributed by atoms with van der Waals surface area (Å²) in [6.45, 7) is 5.21. The molecule has 0 amide bonds. The average Bonchev–Trinajstić information content (AvgIpc) is 2.66. The van der Waals surface area contributed by atoms with Crippen LogP contribution in [0, 0.1) is 23.7 Å². The van der Waals surface area contributed by atoms with Crippen molar-refractivity contribution in [3.63, 3.8) is 0 Å². The molecule has 1 aliphatic carbocycles. The van der Waals surface area contributed by atoms with Gasteiger partial charge < -0.3 is 4.74 Å². The number of unbranched alkanes of at least 4 members (excludes halogenated alkanes) is 2. The van der Waals surface area contributed by atoms with Gasteiger partial charge in [-0.2, -0.15) is 0 Å². The zero-order valence-electron chi connectivity index (χ0n) is 16.4. The molecule has 25 heavy (non-hydrogen) atoms. The van der Waals surface area contributed by atoms with Gasteiger partial charge in [0.15, 0.2) is 0 Å². The van der Waals surface area contributed by atoms with Crippen LogP contribution < -0.4 is 4.74 Å². The van der Waals surface area contributed by atoms with Crippen LogP contribution in [0.4, 0.5) is 0 Å². The molecule has 1 aliphatic rings. The highest BCUT2D eigenvalue weighted by Gasteiger charge is 2.20. The van der Waals surface area contributed by atoms with E-state index < -0.39 is 0 Å². The van der Waals surface area contributed by atoms with Crippen LogP contribution in [0.5, 0.6) is 5.75 Å². The third kappa shape index (κ3) is 8.00. The maximum absolute atomic E-state index is 5.61. The van der Waals surface area contributed by atoms with Crippen LogP contribution in [0.1, 0.15) is 90.0 Å². The van der Waals surface area contributed by atoms with E-state index in [1.807, 2.05) is 12.1 Å². The Morgan fingerprint density at radius 3 is 2.20 bits per heavy atom. The smallest absolute Gasteiger partial charge is 0.119 e. The normalized spacial score (nSPS) is 19.9. The quantitative estimate of drug-likeness (QED) is 0.347. The molecule has 0 spiro atoms. The molecule has 0 bridgehead atoms. The fourth-order valence-corrected chi connectivity index (χ4v) is 3.79. The Balaban J connectivity index is 1.62. The zero-order chi connectivity index (χ0) is 17.7. The van der Waals surface area contributed by atoms with Crippen LogP contribution in [0.3, 0.4) is 0 Å². The van der Waals surface area contributed by atoms with Crippen molar-refractivity contribution < 1.29 is 4.74 Å². The van der Waals surface area contributed by atoms with Crippen molar-refractivity contribution in [3.05, 3.63) is 29.8 Å². The summed E-state index contributed by atoms with van der Waals surface area (Å²) < 4.78 is 5.61. The van der Waals surface area contributed by atoms with Crippen LogP contribution in [0.15, 0.2) is 24.3 Å². The minimum atomic E-state index is 0.784. The lowest BCUT2D eigenvalue weighted by molar-refractivity contribution is 0.250. The molecule has 0 radical (unpaired) electrons. The summed E-state index contributed by atoms with van der Waals surface area (Å²) in [5.74, 6) is 9.56. The van der Waals surface area contributed by atoms with E-state index in [-0.39, 0.29) is 0 Å². The van der Waals surface area contributed by atoms with Crippen molar-refractivity contribution in [3.8, 4) is 17.6 Å². The molecule has 1 nitrogen and oxygen atoms in total. The second-order valence-electron chi connectivity index (χ2n) is 7.60. The van der Waals surface area contributed by atoms with Gasteiger partial charge in [0.1, 0.15) is 5.75 Å². The highest BCUT2D eigenvalue weighted by molar-refractivity contribution is 5.38. The molecule has 0 saturated heterocycles. The van der Waals surface area contributed by atoms with Gasteiger partial charge in [0.25, 0.3) is 0 Å². The lowest BCUT2D eigenvalue weighted by Gasteiger charge is -2.28. The third-order valence-electron chi connectivity index (χ3n) is 5.42. The van der Waals surface area contributed by atoms with Gasteiger partial charge in [-0.15, -0.1) is 0 Å². The first-order valence-corrected chi connectivity index (χ1v) is 10.5. The second-order valence-corrected chi connectivity index (χ2v) is 7.60. The van der Waals surface area contributed by atoms with Crippen LogP contribution in [-0.2, 0) is 0 Å². The summed E-state index contributed by atoms with van der Waals surface area (Å²) in [6, 6.07) is 8.19. The van der Waals surface area contributed by atoms with Crippen molar-refractivity contribution >= 4 is 0 Å². The summed E-state index contributed by atoms with van der Waals surface area (Å²) in [6.07, 6.45) is 14.8. The van der Waals surface area contributed by atoms with Crippen LogP contribution >= 0.6 is 0 Å². The average molecular weight is 341 g/mol. The Hall–Kier alpha value is -1.42. The van der Waals surface area contributed by atoms with Crippen molar-refractivity contribution in [1.82, 2.24) is 0 Å². The standard InChI is InChI=1S/C24H36O/c1-3-5-6-9-21-12-14-22(15-13-21)10-7-8-11-23-16-18-24(19-17-23)25-20-4-2/h16-19,21-22H,3-7,9-10,12-15,20H2,1-2H3. The van der Waals surface area contributed by atoms with Gasteiger partial charge in [-0.1, -0.05) is 77.1 Å². The van der Waals surface area contributed by atoms with Crippen molar-refractivity contribution in [2.24, 2.45) is 11.8 Å². The molecule has 138 valence electrons. The minimum Gasteiger partial charge on any atom is -0.494 e. The SMILES string of the molecule is CCCCCC1CCC(CCC#Cc2ccc(OCCC)cc2)CC1.